The molecule has 4 heteroatoms. The fourth-order valence-electron chi connectivity index (χ4n) is 2.32. The first-order chi connectivity index (χ1) is 6.62. The van der Waals surface area contributed by atoms with E-state index in [1.165, 1.54) is 6.42 Å². The number of nitrogens with two attached hydrogens (primary N) is 1. The second kappa shape index (κ2) is 5.07. The molecule has 0 radical (unpaired) electrons. The quantitative estimate of drug-likeness (QED) is 0.644. The predicted octanol–water partition coefficient (Wildman–Crippen LogP) is 0.339. The van der Waals surface area contributed by atoms with Crippen LogP contribution in [0.25, 0.3) is 0 Å². The minimum Gasteiger partial charge on any atom is -0.381 e. The molecule has 1 fully saturated rings. The molecule has 0 aromatic heterocycles. The smallest absolute Gasteiger partial charge is 0.0590 e. The molecular formula is C10H23N3O. The topological polar surface area (TPSA) is 50.5 Å². The molecule has 1 aliphatic carbocycles. The average molecular weight is 201 g/mol. The van der Waals surface area contributed by atoms with E-state index in [1.54, 1.807) is 7.11 Å². The number of nitrogens with one attached hydrogen (secondary N) is 1. The molecule has 0 aromatic rings. The number of nitrogens with zero attached hydrogens (tertiary/aromatic N) is 1. The van der Waals surface area contributed by atoms with Crippen LogP contribution >= 0.6 is 0 Å². The molecule has 1 aliphatic rings. The zero-order valence-electron chi connectivity index (χ0n) is 9.55. The van der Waals surface area contributed by atoms with Crippen LogP contribution in [0.2, 0.25) is 0 Å². The van der Waals surface area contributed by atoms with E-state index in [0.717, 1.165) is 19.3 Å². The van der Waals surface area contributed by atoms with Crippen molar-refractivity contribution < 1.29 is 4.74 Å². The zero-order valence-corrected chi connectivity index (χ0v) is 9.55. The Bertz CT molecular complexity index is 175. The first kappa shape index (κ1) is 11.9. The lowest BCUT2D eigenvalue weighted by atomic mass is 9.80. The first-order valence-corrected chi connectivity index (χ1v) is 5.30. The van der Waals surface area contributed by atoms with Gasteiger partial charge >= 0.3 is 0 Å². The van der Waals surface area contributed by atoms with Crippen molar-refractivity contribution in [2.24, 2.45) is 5.73 Å². The summed E-state index contributed by atoms with van der Waals surface area (Å²) in [6.45, 7) is 0.672. The van der Waals surface area contributed by atoms with Crippen molar-refractivity contribution >= 4 is 0 Å². The third-order valence-corrected chi connectivity index (χ3v) is 2.98. The Morgan fingerprint density at radius 2 is 2.29 bits per heavy atom. The summed E-state index contributed by atoms with van der Waals surface area (Å²) < 4.78 is 5.42. The first-order valence-electron chi connectivity index (χ1n) is 5.30. The number of hydrogen-bond acceptors (Lipinski definition) is 4. The van der Waals surface area contributed by atoms with E-state index in [4.69, 9.17) is 10.5 Å². The van der Waals surface area contributed by atoms with Crippen LogP contribution in [0.15, 0.2) is 0 Å². The lowest BCUT2D eigenvalue weighted by molar-refractivity contribution is 0.0112. The Labute approximate surface area is 86.8 Å². The number of hydrazine groups is 1. The highest BCUT2D eigenvalue weighted by molar-refractivity contribution is 4.94. The molecule has 0 saturated heterocycles. The van der Waals surface area contributed by atoms with Crippen molar-refractivity contribution in [1.82, 2.24) is 10.4 Å². The second-order valence-corrected chi connectivity index (χ2v) is 4.44. The molecule has 84 valence electrons. The van der Waals surface area contributed by atoms with Crippen molar-refractivity contribution in [3.05, 3.63) is 0 Å². The maximum absolute atomic E-state index is 5.86. The number of rotatable bonds is 4. The van der Waals surface area contributed by atoms with E-state index in [1.807, 2.05) is 19.1 Å². The second-order valence-electron chi connectivity index (χ2n) is 4.44. The molecule has 1 rings (SSSR count). The molecule has 0 spiro atoms. The molecule has 0 aliphatic heterocycles. The molecule has 2 unspecified atom stereocenters. The highest BCUT2D eigenvalue weighted by Gasteiger charge is 2.35. The van der Waals surface area contributed by atoms with Gasteiger partial charge in [0.25, 0.3) is 0 Å². The Morgan fingerprint density at radius 3 is 2.79 bits per heavy atom. The van der Waals surface area contributed by atoms with Gasteiger partial charge in [-0.05, 0) is 25.7 Å². The summed E-state index contributed by atoms with van der Waals surface area (Å²) in [4.78, 5) is 0. The van der Waals surface area contributed by atoms with Crippen LogP contribution in [0.1, 0.15) is 25.7 Å². The fourth-order valence-corrected chi connectivity index (χ4v) is 2.32. The van der Waals surface area contributed by atoms with Crippen LogP contribution in [0.5, 0.6) is 0 Å². The normalized spacial score (nSPS) is 33.6. The van der Waals surface area contributed by atoms with E-state index in [2.05, 4.69) is 5.43 Å². The van der Waals surface area contributed by atoms with E-state index in [0.29, 0.717) is 12.6 Å². The van der Waals surface area contributed by atoms with Gasteiger partial charge < -0.3 is 10.5 Å². The van der Waals surface area contributed by atoms with Crippen molar-refractivity contribution in [2.75, 3.05) is 27.7 Å². The van der Waals surface area contributed by atoms with E-state index in [-0.39, 0.29) is 5.54 Å². The Kier molecular flexibility index (Phi) is 4.31. The third kappa shape index (κ3) is 2.92. The minimum absolute atomic E-state index is 0.0441. The lowest BCUT2D eigenvalue weighted by Crippen LogP contribution is -2.59. The molecule has 1 saturated carbocycles. The van der Waals surface area contributed by atoms with Gasteiger partial charge in [0.15, 0.2) is 0 Å². The van der Waals surface area contributed by atoms with Crippen molar-refractivity contribution in [3.8, 4) is 0 Å². The monoisotopic (exact) mass is 201 g/mol. The Balaban J connectivity index is 2.58. The van der Waals surface area contributed by atoms with Crippen molar-refractivity contribution in [1.29, 1.82) is 0 Å². The summed E-state index contributed by atoms with van der Waals surface area (Å²) in [6.07, 6.45) is 4.86. The Morgan fingerprint density at radius 1 is 1.57 bits per heavy atom. The highest BCUT2D eigenvalue weighted by atomic mass is 16.5. The molecule has 3 N–H and O–H groups in total. The molecular weight excluding hydrogens is 178 g/mol. The summed E-state index contributed by atoms with van der Waals surface area (Å²) in [5.41, 5.74) is 9.34. The van der Waals surface area contributed by atoms with Gasteiger partial charge in [0.1, 0.15) is 0 Å². The van der Waals surface area contributed by atoms with Gasteiger partial charge in [0, 0.05) is 33.3 Å². The number of hydrogen-bond donors (Lipinski definition) is 2. The SMILES string of the molecule is COC1CCCC(CN)(NN(C)C)C1. The van der Waals surface area contributed by atoms with Gasteiger partial charge in [-0.2, -0.15) is 0 Å². The molecule has 4 nitrogen and oxygen atoms in total. The third-order valence-electron chi connectivity index (χ3n) is 2.98. The summed E-state index contributed by atoms with van der Waals surface area (Å²) in [7, 11) is 5.80. The van der Waals surface area contributed by atoms with Gasteiger partial charge in [0.2, 0.25) is 0 Å². The van der Waals surface area contributed by atoms with E-state index < -0.39 is 0 Å². The summed E-state index contributed by atoms with van der Waals surface area (Å²) in [6, 6.07) is 0. The Hall–Kier alpha value is -0.160. The fraction of sp³-hybridized carbons (Fsp3) is 1.00. The largest absolute Gasteiger partial charge is 0.381 e. The standard InChI is InChI=1S/C10H23N3O/c1-13(2)12-10(8-11)6-4-5-9(7-10)14-3/h9,12H,4-8,11H2,1-3H3. The summed E-state index contributed by atoms with van der Waals surface area (Å²) in [5, 5.41) is 1.99. The van der Waals surface area contributed by atoms with Crippen LogP contribution in [0.3, 0.4) is 0 Å². The summed E-state index contributed by atoms with van der Waals surface area (Å²) in [5.74, 6) is 0. The van der Waals surface area contributed by atoms with E-state index in [9.17, 15) is 0 Å². The number of ether oxygens (including phenoxy) is 1. The van der Waals surface area contributed by atoms with Crippen LogP contribution < -0.4 is 11.2 Å². The average Bonchev–Trinajstić information content (AvgIpc) is 2.17. The molecule has 0 aromatic carbocycles. The van der Waals surface area contributed by atoms with Crippen LogP contribution in [0, 0.1) is 0 Å². The van der Waals surface area contributed by atoms with Gasteiger partial charge in [-0.15, -0.1) is 0 Å². The van der Waals surface area contributed by atoms with Gasteiger partial charge in [-0.3, -0.25) is 5.01 Å². The van der Waals surface area contributed by atoms with Crippen LogP contribution in [-0.4, -0.2) is 44.4 Å². The van der Waals surface area contributed by atoms with Gasteiger partial charge in [0.05, 0.1) is 6.10 Å². The molecule has 0 heterocycles. The predicted molar refractivity (Wildman–Crippen MR) is 57.9 cm³/mol. The van der Waals surface area contributed by atoms with Crippen LogP contribution in [-0.2, 0) is 4.74 Å². The molecule has 0 amide bonds. The van der Waals surface area contributed by atoms with Crippen LogP contribution in [0.4, 0.5) is 0 Å². The van der Waals surface area contributed by atoms with Gasteiger partial charge in [-0.25, -0.2) is 5.43 Å². The molecule has 2 atom stereocenters. The molecule has 14 heavy (non-hydrogen) atoms. The summed E-state index contributed by atoms with van der Waals surface area (Å²) >= 11 is 0. The maximum atomic E-state index is 5.86. The number of methoxy groups -OCH3 is 1. The molecule has 0 bridgehead atoms. The van der Waals surface area contributed by atoms with Crippen molar-refractivity contribution in [2.45, 2.75) is 37.3 Å². The maximum Gasteiger partial charge on any atom is 0.0590 e. The highest BCUT2D eigenvalue weighted by Crippen LogP contribution is 2.29. The minimum atomic E-state index is 0.0441. The van der Waals surface area contributed by atoms with Crippen molar-refractivity contribution in [3.63, 3.8) is 0 Å². The van der Waals surface area contributed by atoms with Gasteiger partial charge in [-0.1, -0.05) is 0 Å². The van der Waals surface area contributed by atoms with E-state index >= 15 is 0 Å². The zero-order chi connectivity index (χ0) is 10.6. The lowest BCUT2D eigenvalue weighted by Gasteiger charge is -2.42.